The monoisotopic (exact) mass is 338 g/mol. The Balaban J connectivity index is 1.83. The lowest BCUT2D eigenvalue weighted by Crippen LogP contribution is -2.10. The fraction of sp³-hybridized carbons (Fsp3) is 0.278. The largest absolute Gasteiger partial charge is 0.319 e. The van der Waals surface area contributed by atoms with E-state index in [9.17, 15) is 4.39 Å². The fourth-order valence-electron chi connectivity index (χ4n) is 3.01. The van der Waals surface area contributed by atoms with Crippen LogP contribution in [-0.4, -0.2) is 37.6 Å². The summed E-state index contributed by atoms with van der Waals surface area (Å²) in [6.45, 7) is 4.71. The molecule has 128 valence electrons. The third-order valence-corrected chi connectivity index (χ3v) is 4.21. The van der Waals surface area contributed by atoms with Crippen LogP contribution in [-0.2, 0) is 6.42 Å². The van der Waals surface area contributed by atoms with E-state index in [1.807, 2.05) is 45.6 Å². The molecule has 0 aliphatic rings. The van der Waals surface area contributed by atoms with Gasteiger partial charge in [-0.2, -0.15) is 5.10 Å². The molecule has 0 aromatic carbocycles. The minimum Gasteiger partial charge on any atom is -0.319 e. The van der Waals surface area contributed by atoms with Gasteiger partial charge >= 0.3 is 0 Å². The first-order valence-corrected chi connectivity index (χ1v) is 8.21. The van der Waals surface area contributed by atoms with Crippen molar-refractivity contribution < 1.29 is 4.39 Å². The molecule has 6 nitrogen and oxygen atoms in total. The number of aryl methyl sites for hydroxylation is 2. The first-order chi connectivity index (χ1) is 12.0. The number of aromatic nitrogens is 5. The van der Waals surface area contributed by atoms with Crippen LogP contribution in [0.1, 0.15) is 17.0 Å². The molecule has 25 heavy (non-hydrogen) atoms. The van der Waals surface area contributed by atoms with Crippen molar-refractivity contribution >= 4 is 11.3 Å². The molecule has 1 N–H and O–H groups in total. The molecule has 0 amide bonds. The molecule has 0 radical (unpaired) electrons. The SMILES string of the molecule is CNCCc1cn2cc(-c3cc(C)c4nc(C)cn4n3)cc(F)c2n1. The van der Waals surface area contributed by atoms with E-state index in [4.69, 9.17) is 0 Å². The van der Waals surface area contributed by atoms with Gasteiger partial charge in [0.05, 0.1) is 23.3 Å². The molecule has 4 rings (SSSR count). The minimum atomic E-state index is -0.352. The van der Waals surface area contributed by atoms with Crippen molar-refractivity contribution in [2.24, 2.45) is 0 Å². The minimum absolute atomic E-state index is 0.339. The summed E-state index contributed by atoms with van der Waals surface area (Å²) in [6, 6.07) is 3.42. The lowest BCUT2D eigenvalue weighted by atomic mass is 10.1. The molecule has 0 atom stereocenters. The van der Waals surface area contributed by atoms with Gasteiger partial charge in [-0.25, -0.2) is 18.9 Å². The first kappa shape index (κ1) is 15.7. The highest BCUT2D eigenvalue weighted by atomic mass is 19.1. The van der Waals surface area contributed by atoms with E-state index in [2.05, 4.69) is 20.4 Å². The molecule has 0 aliphatic carbocycles. The Kier molecular flexibility index (Phi) is 3.73. The number of rotatable bonds is 4. The third-order valence-electron chi connectivity index (χ3n) is 4.21. The maximum atomic E-state index is 14.5. The average Bonchev–Trinajstić information content (AvgIpc) is 3.15. The van der Waals surface area contributed by atoms with Crippen molar-refractivity contribution in [2.75, 3.05) is 13.6 Å². The van der Waals surface area contributed by atoms with Gasteiger partial charge in [-0.15, -0.1) is 0 Å². The van der Waals surface area contributed by atoms with Gasteiger partial charge in [0.25, 0.3) is 0 Å². The van der Waals surface area contributed by atoms with Gasteiger partial charge in [-0.1, -0.05) is 0 Å². The zero-order valence-corrected chi connectivity index (χ0v) is 14.4. The van der Waals surface area contributed by atoms with Gasteiger partial charge in [0.1, 0.15) is 0 Å². The molecule has 0 saturated carbocycles. The van der Waals surface area contributed by atoms with Crippen molar-refractivity contribution in [3.05, 3.63) is 53.5 Å². The number of hydrogen-bond acceptors (Lipinski definition) is 4. The molecule has 4 aromatic rings. The Morgan fingerprint density at radius 3 is 2.72 bits per heavy atom. The van der Waals surface area contributed by atoms with Crippen LogP contribution in [0.25, 0.3) is 22.6 Å². The molecule has 4 heterocycles. The smallest absolute Gasteiger partial charge is 0.173 e. The van der Waals surface area contributed by atoms with E-state index < -0.39 is 0 Å². The highest BCUT2D eigenvalue weighted by molar-refractivity contribution is 5.64. The number of nitrogens with one attached hydrogen (secondary N) is 1. The van der Waals surface area contributed by atoms with Crippen LogP contribution in [0.3, 0.4) is 0 Å². The number of nitrogens with zero attached hydrogens (tertiary/aromatic N) is 5. The Morgan fingerprint density at radius 1 is 1.08 bits per heavy atom. The van der Waals surface area contributed by atoms with Gasteiger partial charge in [0.15, 0.2) is 17.1 Å². The normalized spacial score (nSPS) is 11.7. The van der Waals surface area contributed by atoms with Gasteiger partial charge in [-0.3, -0.25) is 0 Å². The molecule has 0 unspecified atom stereocenters. The highest BCUT2D eigenvalue weighted by Gasteiger charge is 2.12. The first-order valence-electron chi connectivity index (χ1n) is 8.21. The van der Waals surface area contributed by atoms with Crippen LogP contribution < -0.4 is 5.32 Å². The summed E-state index contributed by atoms with van der Waals surface area (Å²) in [5.74, 6) is -0.352. The van der Waals surface area contributed by atoms with Crippen molar-refractivity contribution in [3.8, 4) is 11.3 Å². The van der Waals surface area contributed by atoms with Crippen molar-refractivity contribution in [2.45, 2.75) is 20.3 Å². The van der Waals surface area contributed by atoms with Crippen LogP contribution in [0.4, 0.5) is 4.39 Å². The van der Waals surface area contributed by atoms with Gasteiger partial charge in [-0.05, 0) is 38.6 Å². The number of pyridine rings is 1. The summed E-state index contributed by atoms with van der Waals surface area (Å²) in [5.41, 5.74) is 5.32. The molecular weight excluding hydrogens is 319 g/mol. The van der Waals surface area contributed by atoms with Crippen molar-refractivity contribution in [3.63, 3.8) is 0 Å². The van der Waals surface area contributed by atoms with E-state index in [0.717, 1.165) is 35.6 Å². The summed E-state index contributed by atoms with van der Waals surface area (Å²) >= 11 is 0. The zero-order chi connectivity index (χ0) is 17.6. The average molecular weight is 338 g/mol. The summed E-state index contributed by atoms with van der Waals surface area (Å²) in [6.07, 6.45) is 6.36. The second kappa shape index (κ2) is 5.93. The van der Waals surface area contributed by atoms with Crippen LogP contribution in [0.2, 0.25) is 0 Å². The second-order valence-electron chi connectivity index (χ2n) is 6.26. The topological polar surface area (TPSA) is 59.5 Å². The van der Waals surface area contributed by atoms with E-state index in [1.54, 1.807) is 8.92 Å². The van der Waals surface area contributed by atoms with E-state index >= 15 is 0 Å². The molecule has 0 aliphatic heterocycles. The quantitative estimate of drug-likeness (QED) is 0.621. The predicted octanol–water partition coefficient (Wildman–Crippen LogP) is 2.56. The molecule has 0 bridgehead atoms. The Bertz CT molecular complexity index is 1080. The lowest BCUT2D eigenvalue weighted by molar-refractivity contribution is 0.630. The molecule has 4 aromatic heterocycles. The van der Waals surface area contributed by atoms with Gasteiger partial charge in [0.2, 0.25) is 0 Å². The van der Waals surface area contributed by atoms with Crippen LogP contribution in [0, 0.1) is 19.7 Å². The van der Waals surface area contributed by atoms with Gasteiger partial charge in [0, 0.05) is 30.9 Å². The maximum absolute atomic E-state index is 14.5. The predicted molar refractivity (Wildman–Crippen MR) is 94.2 cm³/mol. The number of halogens is 1. The van der Waals surface area contributed by atoms with E-state index in [0.29, 0.717) is 16.9 Å². The van der Waals surface area contributed by atoms with E-state index in [-0.39, 0.29) is 5.82 Å². The number of hydrogen-bond donors (Lipinski definition) is 1. The molecule has 0 spiro atoms. The van der Waals surface area contributed by atoms with Crippen LogP contribution >= 0.6 is 0 Å². The summed E-state index contributed by atoms with van der Waals surface area (Å²) in [5, 5.41) is 7.65. The summed E-state index contributed by atoms with van der Waals surface area (Å²) < 4.78 is 18.0. The Hall–Kier alpha value is -2.80. The molecular formula is C18H19FN6. The van der Waals surface area contributed by atoms with Crippen molar-refractivity contribution in [1.29, 1.82) is 0 Å². The summed E-state index contributed by atoms with van der Waals surface area (Å²) in [7, 11) is 1.89. The fourth-order valence-corrected chi connectivity index (χ4v) is 3.01. The Morgan fingerprint density at radius 2 is 1.92 bits per heavy atom. The second-order valence-corrected chi connectivity index (χ2v) is 6.26. The summed E-state index contributed by atoms with van der Waals surface area (Å²) in [4.78, 5) is 8.82. The lowest BCUT2D eigenvalue weighted by Gasteiger charge is -2.06. The molecule has 7 heteroatoms. The highest BCUT2D eigenvalue weighted by Crippen LogP contribution is 2.23. The number of likely N-dealkylation sites (N-methyl/N-ethyl adjacent to an activating group) is 1. The van der Waals surface area contributed by atoms with Crippen LogP contribution in [0.5, 0.6) is 0 Å². The molecule has 0 saturated heterocycles. The number of imidazole rings is 2. The van der Waals surface area contributed by atoms with E-state index in [1.165, 1.54) is 6.07 Å². The maximum Gasteiger partial charge on any atom is 0.173 e. The third kappa shape index (κ3) is 2.76. The Labute approximate surface area is 144 Å². The van der Waals surface area contributed by atoms with Crippen LogP contribution in [0.15, 0.2) is 30.7 Å². The van der Waals surface area contributed by atoms with Crippen molar-refractivity contribution in [1.82, 2.24) is 29.3 Å². The number of fused-ring (bicyclic) bond motifs is 2. The standard InChI is InChI=1S/C18H19FN6/c1-11-6-16(23-25-8-12(2)21-17(11)25)13-7-15(19)18-22-14(4-5-20-3)10-24(18)9-13/h6-10,20H,4-5H2,1-3H3. The molecule has 0 fully saturated rings. The van der Waals surface area contributed by atoms with Gasteiger partial charge < -0.3 is 9.72 Å². The zero-order valence-electron chi connectivity index (χ0n) is 14.4.